The average molecular weight is 402 g/mol. The van der Waals surface area contributed by atoms with Gasteiger partial charge in [0.15, 0.2) is 0 Å². The van der Waals surface area contributed by atoms with E-state index in [0.29, 0.717) is 0 Å². The predicted octanol–water partition coefficient (Wildman–Crippen LogP) is 5.40. The van der Waals surface area contributed by atoms with Gasteiger partial charge < -0.3 is 9.47 Å². The molecule has 0 aliphatic heterocycles. The summed E-state index contributed by atoms with van der Waals surface area (Å²) in [5.74, 6) is -1.05. The third-order valence-electron chi connectivity index (χ3n) is 3.20. The van der Waals surface area contributed by atoms with Crippen LogP contribution >= 0.6 is 11.6 Å². The Morgan fingerprint density at radius 3 is 2.41 bits per heavy atom. The van der Waals surface area contributed by atoms with Gasteiger partial charge in [-0.05, 0) is 18.2 Å². The molecule has 0 aromatic heterocycles. The molecule has 0 aliphatic rings. The number of ether oxygens (including phenoxy) is 2. The third kappa shape index (κ3) is 4.98. The molecule has 0 saturated carbocycles. The van der Waals surface area contributed by atoms with Crippen LogP contribution in [-0.4, -0.2) is 17.5 Å². The highest BCUT2D eigenvalue weighted by atomic mass is 35.5. The lowest BCUT2D eigenvalue weighted by Crippen LogP contribution is -2.08. The summed E-state index contributed by atoms with van der Waals surface area (Å²) in [5.41, 5.74) is -1.92. The van der Waals surface area contributed by atoms with Gasteiger partial charge in [0.25, 0.3) is 5.69 Å². The van der Waals surface area contributed by atoms with E-state index in [1.807, 2.05) is 0 Å². The lowest BCUT2D eigenvalue weighted by Gasteiger charge is -2.12. The quantitative estimate of drug-likeness (QED) is 0.280. The van der Waals surface area contributed by atoms with Crippen LogP contribution in [0, 0.1) is 10.1 Å². The van der Waals surface area contributed by atoms with Gasteiger partial charge in [0.05, 0.1) is 15.5 Å². The summed E-state index contributed by atoms with van der Waals surface area (Å²) in [6.07, 6.45) is -3.33. The van der Waals surface area contributed by atoms with E-state index in [0.717, 1.165) is 30.3 Å². The van der Waals surface area contributed by atoms with Gasteiger partial charge in [-0.15, -0.1) is 0 Å². The fourth-order valence-electron chi connectivity index (χ4n) is 2.04. The normalized spacial score (nSPS) is 11.0. The SMILES string of the molecule is C=CCOC(=O)c1cc(Oc2ccc(C(F)(F)F)c(Cl)c2)ccc1[N+](=O)[O-]. The monoisotopic (exact) mass is 401 g/mol. The van der Waals surface area contributed by atoms with Crippen molar-refractivity contribution in [2.24, 2.45) is 0 Å². The zero-order valence-electron chi connectivity index (χ0n) is 13.5. The van der Waals surface area contributed by atoms with Gasteiger partial charge in [0, 0.05) is 18.2 Å². The Bertz CT molecular complexity index is 899. The number of halogens is 4. The van der Waals surface area contributed by atoms with Crippen molar-refractivity contribution in [2.45, 2.75) is 6.18 Å². The number of nitrogens with zero attached hydrogens (tertiary/aromatic N) is 1. The zero-order valence-corrected chi connectivity index (χ0v) is 14.2. The molecule has 0 radical (unpaired) electrons. The fraction of sp³-hybridized carbons (Fsp3) is 0.118. The van der Waals surface area contributed by atoms with Gasteiger partial charge >= 0.3 is 12.1 Å². The van der Waals surface area contributed by atoms with Crippen LogP contribution in [0.15, 0.2) is 49.1 Å². The van der Waals surface area contributed by atoms with Crippen LogP contribution < -0.4 is 4.74 Å². The van der Waals surface area contributed by atoms with Gasteiger partial charge in [-0.2, -0.15) is 13.2 Å². The van der Waals surface area contributed by atoms with Crippen molar-refractivity contribution >= 4 is 23.3 Å². The average Bonchev–Trinajstić information content (AvgIpc) is 2.58. The summed E-state index contributed by atoms with van der Waals surface area (Å²) in [6, 6.07) is 5.98. The molecular weight excluding hydrogens is 391 g/mol. The van der Waals surface area contributed by atoms with Gasteiger partial charge in [-0.3, -0.25) is 10.1 Å². The number of nitro benzene ring substituents is 1. The van der Waals surface area contributed by atoms with Crippen LogP contribution in [-0.2, 0) is 10.9 Å². The number of benzene rings is 2. The molecule has 0 N–H and O–H groups in total. The maximum atomic E-state index is 12.7. The first-order chi connectivity index (χ1) is 12.6. The largest absolute Gasteiger partial charge is 0.458 e. The van der Waals surface area contributed by atoms with Crippen LogP contribution in [0.1, 0.15) is 15.9 Å². The molecule has 0 unspecified atom stereocenters. The summed E-state index contributed by atoms with van der Waals surface area (Å²) in [6.45, 7) is 3.20. The molecule has 0 saturated heterocycles. The van der Waals surface area contributed by atoms with Crippen LogP contribution in [0.2, 0.25) is 5.02 Å². The Labute approximate surface area is 155 Å². The number of rotatable bonds is 6. The molecule has 6 nitrogen and oxygen atoms in total. The summed E-state index contributed by atoms with van der Waals surface area (Å²) in [7, 11) is 0. The summed E-state index contributed by atoms with van der Waals surface area (Å²) >= 11 is 5.61. The van der Waals surface area contributed by atoms with E-state index in [1.54, 1.807) is 0 Å². The first kappa shape index (κ1) is 20.2. The minimum Gasteiger partial charge on any atom is -0.458 e. The standard InChI is InChI=1S/C17H11ClF3NO5/c1-2-7-26-16(23)12-8-10(4-6-15(12)22(24)25)27-11-3-5-13(14(18)9-11)17(19,20)21/h2-6,8-9H,1,7H2. The topological polar surface area (TPSA) is 78.7 Å². The highest BCUT2D eigenvalue weighted by Crippen LogP contribution is 2.37. The highest BCUT2D eigenvalue weighted by Gasteiger charge is 2.33. The van der Waals surface area contributed by atoms with Gasteiger partial charge in [-0.25, -0.2) is 4.79 Å². The second-order valence-electron chi connectivity index (χ2n) is 5.06. The summed E-state index contributed by atoms with van der Waals surface area (Å²) < 4.78 is 48.3. The molecule has 10 heteroatoms. The molecule has 142 valence electrons. The van der Waals surface area contributed by atoms with Crippen LogP contribution in [0.5, 0.6) is 11.5 Å². The van der Waals surface area contributed by atoms with Crippen LogP contribution in [0.3, 0.4) is 0 Å². The molecule has 0 amide bonds. The molecule has 0 fully saturated rings. The minimum absolute atomic E-state index is 0.0259. The molecular formula is C17H11ClF3NO5. The van der Waals surface area contributed by atoms with E-state index in [9.17, 15) is 28.1 Å². The van der Waals surface area contributed by atoms with Gasteiger partial charge in [0.1, 0.15) is 23.7 Å². The lowest BCUT2D eigenvalue weighted by atomic mass is 10.1. The number of esters is 1. The van der Waals surface area contributed by atoms with Crippen molar-refractivity contribution in [3.05, 3.63) is 75.3 Å². The number of nitro groups is 1. The number of hydrogen-bond donors (Lipinski definition) is 0. The Morgan fingerprint density at radius 1 is 1.22 bits per heavy atom. The van der Waals surface area contributed by atoms with E-state index in [-0.39, 0.29) is 23.7 Å². The van der Waals surface area contributed by atoms with Crippen LogP contribution in [0.25, 0.3) is 0 Å². The van der Waals surface area contributed by atoms with E-state index in [4.69, 9.17) is 21.1 Å². The van der Waals surface area contributed by atoms with Gasteiger partial charge in [0.2, 0.25) is 0 Å². The Kier molecular flexibility index (Phi) is 6.06. The number of alkyl halides is 3. The van der Waals surface area contributed by atoms with E-state index >= 15 is 0 Å². The maximum absolute atomic E-state index is 12.7. The first-order valence-corrected chi connectivity index (χ1v) is 7.62. The smallest absolute Gasteiger partial charge is 0.417 e. The highest BCUT2D eigenvalue weighted by molar-refractivity contribution is 6.31. The van der Waals surface area contributed by atoms with E-state index in [1.165, 1.54) is 12.1 Å². The molecule has 27 heavy (non-hydrogen) atoms. The molecule has 0 aliphatic carbocycles. The molecule has 2 rings (SSSR count). The van der Waals surface area contributed by atoms with E-state index < -0.39 is 33.3 Å². The number of carbonyl (C=O) groups is 1. The van der Waals surface area contributed by atoms with Crippen molar-refractivity contribution in [2.75, 3.05) is 6.61 Å². The lowest BCUT2D eigenvalue weighted by molar-refractivity contribution is -0.385. The predicted molar refractivity (Wildman–Crippen MR) is 90.1 cm³/mol. The Balaban J connectivity index is 2.34. The van der Waals surface area contributed by atoms with E-state index in [2.05, 4.69) is 6.58 Å². The Hall–Kier alpha value is -3.07. The Morgan fingerprint density at radius 2 is 1.85 bits per heavy atom. The second kappa shape index (κ2) is 8.09. The minimum atomic E-state index is -4.62. The zero-order chi connectivity index (χ0) is 20.2. The first-order valence-electron chi connectivity index (χ1n) is 7.24. The van der Waals surface area contributed by atoms with Gasteiger partial charge in [-0.1, -0.05) is 24.3 Å². The summed E-state index contributed by atoms with van der Waals surface area (Å²) in [4.78, 5) is 22.3. The van der Waals surface area contributed by atoms with Crippen LogP contribution in [0.4, 0.5) is 18.9 Å². The molecule has 2 aromatic rings. The van der Waals surface area contributed by atoms with Crippen molar-refractivity contribution < 1.29 is 32.4 Å². The van der Waals surface area contributed by atoms with Crippen molar-refractivity contribution in [1.29, 1.82) is 0 Å². The third-order valence-corrected chi connectivity index (χ3v) is 3.51. The molecule has 0 spiro atoms. The number of carbonyl (C=O) groups excluding carboxylic acids is 1. The molecule has 2 aromatic carbocycles. The van der Waals surface area contributed by atoms with Crippen molar-refractivity contribution in [1.82, 2.24) is 0 Å². The summed E-state index contributed by atoms with van der Waals surface area (Å²) in [5, 5.41) is 10.5. The molecule has 0 bridgehead atoms. The molecule has 0 heterocycles. The van der Waals surface area contributed by atoms with Crippen molar-refractivity contribution in [3.8, 4) is 11.5 Å². The second-order valence-corrected chi connectivity index (χ2v) is 5.47. The maximum Gasteiger partial charge on any atom is 0.417 e. The van der Waals surface area contributed by atoms with Crippen molar-refractivity contribution in [3.63, 3.8) is 0 Å². The number of hydrogen-bond acceptors (Lipinski definition) is 5. The molecule has 0 atom stereocenters. The fourth-order valence-corrected chi connectivity index (χ4v) is 2.32.